The second-order valence-corrected chi connectivity index (χ2v) is 20.6. The smallest absolute Gasteiger partial charge is 0.135 e. The molecule has 1 aromatic heterocycles. The monoisotopic (exact) mass is 1170 g/mol. The van der Waals surface area contributed by atoms with Crippen LogP contribution in [0.2, 0.25) is 0 Å². The number of anilines is 10. The van der Waals surface area contributed by atoms with Crippen molar-refractivity contribution in [3.05, 3.63) is 279 Å². The Bertz CT molecular complexity index is 3910. The van der Waals surface area contributed by atoms with Crippen molar-refractivity contribution in [2.45, 2.75) is 33.1 Å². The molecule has 77 heavy (non-hydrogen) atoms. The van der Waals surface area contributed by atoms with Crippen molar-refractivity contribution in [1.29, 1.82) is 0 Å². The van der Waals surface area contributed by atoms with E-state index in [1.54, 1.807) is 0 Å². The molecule has 13 rings (SSSR count). The van der Waals surface area contributed by atoms with Crippen LogP contribution in [-0.2, 0) is 26.5 Å². The van der Waals surface area contributed by atoms with E-state index < -0.39 is 0 Å². The Morgan fingerprint density at radius 1 is 0.442 bits per heavy atom. The summed E-state index contributed by atoms with van der Waals surface area (Å²) in [7, 11) is 0. The number of rotatable bonds is 9. The number of fused-ring (bicyclic) bond motifs is 6. The number of aromatic nitrogens is 1. The summed E-state index contributed by atoms with van der Waals surface area (Å²) in [5.74, 6) is 0.804. The molecule has 0 saturated heterocycles. The van der Waals surface area contributed by atoms with Gasteiger partial charge < -0.3 is 19.6 Å². The molecule has 0 N–H and O–H groups in total. The molecule has 5 nitrogen and oxygen atoms in total. The molecule has 0 atom stereocenters. The predicted octanol–water partition coefficient (Wildman–Crippen LogP) is 19.3. The summed E-state index contributed by atoms with van der Waals surface area (Å²) in [5.41, 5.74) is 22.3. The van der Waals surface area contributed by atoms with Crippen molar-refractivity contribution in [3.8, 4) is 55.6 Å². The molecule has 3 heterocycles. The van der Waals surface area contributed by atoms with Gasteiger partial charge in [-0.15, -0.1) is 53.8 Å². The molecule has 2 aliphatic rings. The molecular formula is C71H54N5Pt-3. The Kier molecular flexibility index (Phi) is 13.0. The topological polar surface area (TPSA) is 25.9 Å². The van der Waals surface area contributed by atoms with Crippen LogP contribution in [-0.4, -0.2) is 4.98 Å². The number of nitrogens with zero attached hydrogens (tertiary/aromatic N) is 5. The van der Waals surface area contributed by atoms with Crippen molar-refractivity contribution in [2.75, 3.05) is 19.6 Å². The number of hydrogen-bond acceptors (Lipinski definition) is 5. The largest absolute Gasteiger partial charge is 0.493 e. The fraction of sp³-hybridized carbons (Fsp3) is 0.0704. The molecule has 0 spiro atoms. The quantitative estimate of drug-likeness (QED) is 0.134. The fourth-order valence-corrected chi connectivity index (χ4v) is 10.8. The molecule has 10 aromatic carbocycles. The molecule has 376 valence electrons. The Morgan fingerprint density at radius 2 is 1.01 bits per heavy atom. The van der Waals surface area contributed by atoms with Gasteiger partial charge in [-0.2, -0.15) is 6.07 Å². The molecule has 0 fully saturated rings. The van der Waals surface area contributed by atoms with Gasteiger partial charge >= 0.3 is 0 Å². The average molecular weight is 1170 g/mol. The summed E-state index contributed by atoms with van der Waals surface area (Å²) >= 11 is 0. The summed E-state index contributed by atoms with van der Waals surface area (Å²) < 4.78 is 0. The number of hydrogen-bond donors (Lipinski definition) is 0. The van der Waals surface area contributed by atoms with Gasteiger partial charge in [-0.3, -0.25) is 0 Å². The molecule has 0 aliphatic carbocycles. The van der Waals surface area contributed by atoms with E-state index in [4.69, 9.17) is 4.98 Å². The average Bonchev–Trinajstić information content (AvgIpc) is 3.97. The van der Waals surface area contributed by atoms with Crippen LogP contribution in [0.5, 0.6) is 0 Å². The Hall–Kier alpha value is -8.76. The summed E-state index contributed by atoms with van der Waals surface area (Å²) in [6.07, 6.45) is 2.03. The van der Waals surface area contributed by atoms with Crippen molar-refractivity contribution < 1.29 is 21.1 Å². The van der Waals surface area contributed by atoms with Crippen molar-refractivity contribution >= 4 is 57.0 Å². The molecular weight excluding hydrogens is 1120 g/mol. The molecule has 0 radical (unpaired) electrons. The minimum atomic E-state index is 0. The maximum atomic E-state index is 5.37. The van der Waals surface area contributed by atoms with E-state index in [0.717, 1.165) is 118 Å². The minimum Gasteiger partial charge on any atom is -0.493 e. The zero-order chi connectivity index (χ0) is 51.3. The van der Waals surface area contributed by atoms with E-state index in [9.17, 15) is 0 Å². The third kappa shape index (κ3) is 9.21. The van der Waals surface area contributed by atoms with Crippen LogP contribution in [0.15, 0.2) is 249 Å². The van der Waals surface area contributed by atoms with Gasteiger partial charge in [-0.25, -0.2) is 4.98 Å². The zero-order valence-corrected chi connectivity index (χ0v) is 45.6. The van der Waals surface area contributed by atoms with Crippen LogP contribution in [0.3, 0.4) is 0 Å². The minimum absolute atomic E-state index is 0. The molecule has 11 aromatic rings. The van der Waals surface area contributed by atoms with E-state index in [2.05, 4.69) is 309 Å². The first-order valence-corrected chi connectivity index (χ1v) is 26.0. The third-order valence-electron chi connectivity index (χ3n) is 14.7. The van der Waals surface area contributed by atoms with Gasteiger partial charge in [0.1, 0.15) is 5.82 Å². The third-order valence-corrected chi connectivity index (χ3v) is 14.7. The van der Waals surface area contributed by atoms with Crippen LogP contribution >= 0.6 is 0 Å². The van der Waals surface area contributed by atoms with E-state index >= 15 is 0 Å². The standard InChI is InChI=1S/C71H54N5.Pt/c1-49-41-70(72-47-65(49)52-25-13-7-14-26-52)76-68-44-53(50-21-9-5-10-22-50)33-39-63(68)61-29-17-18-30-62(61)64-40-38-58(46-69(64)76)75(57-27-15-8-16-28-57)60-43-54(51-23-11-6-12-24-51)42-59(45-60)74-48-73(66-31-19-20-32-67(66)74)56-36-34-55(35-37-56)71(2,3)4;/h5-44,47-48H,1-4H3;/q-3;. The summed E-state index contributed by atoms with van der Waals surface area (Å²) in [6, 6.07) is 95.0. The van der Waals surface area contributed by atoms with Gasteiger partial charge in [-0.1, -0.05) is 213 Å². The molecule has 6 heteroatoms. The van der Waals surface area contributed by atoms with Gasteiger partial charge in [0.25, 0.3) is 0 Å². The van der Waals surface area contributed by atoms with Gasteiger partial charge in [-0.05, 0) is 99.8 Å². The van der Waals surface area contributed by atoms with Gasteiger partial charge in [0.15, 0.2) is 0 Å². The second-order valence-electron chi connectivity index (χ2n) is 20.6. The SMILES string of the molecule is Cc1cc(N2c3[c-]c(N(c4[c-]c(N5[CH-]N(c6ccc(C(C)(C)C)cc6)c6ccccc65)cc(-c5ccccc5)c4)c4ccccc4)ccc3-c3ccccc3-c3ccc(-c4ccccc4)cc32)ncc1-c1ccccc1.[Pt]. The maximum Gasteiger partial charge on any atom is 0.135 e. The Labute approximate surface area is 467 Å². The van der Waals surface area contributed by atoms with Crippen molar-refractivity contribution in [3.63, 3.8) is 0 Å². The number of aryl methyl sites for hydroxylation is 1. The summed E-state index contributed by atoms with van der Waals surface area (Å²) in [6.45, 7) is 11.2. The number of para-hydroxylation sites is 3. The van der Waals surface area contributed by atoms with E-state index in [-0.39, 0.29) is 26.5 Å². The Morgan fingerprint density at radius 3 is 1.66 bits per heavy atom. The van der Waals surface area contributed by atoms with Crippen LogP contribution in [0.25, 0.3) is 55.6 Å². The van der Waals surface area contributed by atoms with Crippen LogP contribution < -0.4 is 19.6 Å². The van der Waals surface area contributed by atoms with Crippen LogP contribution in [0.1, 0.15) is 31.9 Å². The predicted molar refractivity (Wildman–Crippen MR) is 317 cm³/mol. The number of pyridine rings is 1. The van der Waals surface area contributed by atoms with Gasteiger partial charge in [0, 0.05) is 61.1 Å². The first kappa shape index (κ1) is 49.1. The van der Waals surface area contributed by atoms with E-state index in [1.165, 1.54) is 5.56 Å². The van der Waals surface area contributed by atoms with Gasteiger partial charge in [0.05, 0.1) is 5.69 Å². The number of benzene rings is 10. The van der Waals surface area contributed by atoms with Crippen molar-refractivity contribution in [2.24, 2.45) is 0 Å². The molecule has 2 aliphatic heterocycles. The Balaban J connectivity index is 0.00000596. The molecule has 0 saturated carbocycles. The summed E-state index contributed by atoms with van der Waals surface area (Å²) in [4.78, 5) is 14.6. The maximum absolute atomic E-state index is 5.37. The van der Waals surface area contributed by atoms with Gasteiger partial charge in [0.2, 0.25) is 0 Å². The first-order chi connectivity index (χ1) is 37.2. The fourth-order valence-electron chi connectivity index (χ4n) is 10.8. The van der Waals surface area contributed by atoms with Crippen LogP contribution in [0.4, 0.5) is 57.0 Å². The van der Waals surface area contributed by atoms with E-state index in [0.29, 0.717) is 0 Å². The first-order valence-electron chi connectivity index (χ1n) is 26.0. The normalized spacial score (nSPS) is 12.4. The zero-order valence-electron chi connectivity index (χ0n) is 43.3. The molecule has 0 bridgehead atoms. The van der Waals surface area contributed by atoms with Crippen LogP contribution in [0, 0.1) is 25.7 Å². The molecule has 0 amide bonds. The second kappa shape index (κ2) is 20.4. The van der Waals surface area contributed by atoms with Crippen molar-refractivity contribution in [1.82, 2.24) is 4.98 Å². The summed E-state index contributed by atoms with van der Waals surface area (Å²) in [5, 5.41) is 0. The van der Waals surface area contributed by atoms with E-state index in [1.807, 2.05) is 6.20 Å². The molecule has 0 unspecified atom stereocenters.